The molecule has 44 heavy (non-hydrogen) atoms. The molecule has 1 aliphatic rings. The molecule has 3 aromatic rings. The number of nitrogens with zero attached hydrogens (tertiary/aromatic N) is 2. The monoisotopic (exact) mass is 626 g/mol. The number of amides is 3. The molecular formula is C33H40F2N4O4S. The first-order valence-corrected chi connectivity index (χ1v) is 15.9. The molecule has 1 fully saturated rings. The maximum atomic E-state index is 14.1. The fraction of sp³-hybridized carbons (Fsp3) is 0.424. The van der Waals surface area contributed by atoms with E-state index in [2.05, 4.69) is 10.6 Å². The van der Waals surface area contributed by atoms with Crippen LogP contribution in [0.25, 0.3) is 0 Å². The van der Waals surface area contributed by atoms with Crippen LogP contribution < -0.4 is 10.6 Å². The molecule has 3 N–H and O–H groups in total. The number of rotatable bonds is 12. The van der Waals surface area contributed by atoms with Crippen LogP contribution in [0.4, 0.5) is 8.78 Å². The van der Waals surface area contributed by atoms with Gasteiger partial charge >= 0.3 is 0 Å². The predicted octanol–water partition coefficient (Wildman–Crippen LogP) is 4.41. The van der Waals surface area contributed by atoms with Crippen LogP contribution in [-0.2, 0) is 6.42 Å². The molecule has 0 radical (unpaired) electrons. The van der Waals surface area contributed by atoms with E-state index in [1.54, 1.807) is 41.0 Å². The third kappa shape index (κ3) is 8.49. The predicted molar refractivity (Wildman–Crippen MR) is 167 cm³/mol. The van der Waals surface area contributed by atoms with E-state index in [-0.39, 0.29) is 35.9 Å². The number of thiophene rings is 1. The van der Waals surface area contributed by atoms with Crippen LogP contribution >= 0.6 is 11.3 Å². The quantitative estimate of drug-likeness (QED) is 0.277. The zero-order valence-corrected chi connectivity index (χ0v) is 26.1. The fourth-order valence-corrected chi connectivity index (χ4v) is 6.29. The molecule has 1 aliphatic heterocycles. The first kappa shape index (κ1) is 33.2. The van der Waals surface area contributed by atoms with Crippen molar-refractivity contribution in [1.29, 1.82) is 0 Å². The summed E-state index contributed by atoms with van der Waals surface area (Å²) in [4.78, 5) is 44.0. The molecule has 1 aromatic heterocycles. The molecule has 8 nitrogen and oxygen atoms in total. The van der Waals surface area contributed by atoms with Gasteiger partial charge in [0, 0.05) is 49.9 Å². The van der Waals surface area contributed by atoms with E-state index < -0.39 is 35.7 Å². The van der Waals surface area contributed by atoms with Crippen molar-refractivity contribution in [3.05, 3.63) is 92.7 Å². The topological polar surface area (TPSA) is 102 Å². The number of aliphatic hydroxyl groups excluding tert-OH is 1. The third-order valence-corrected chi connectivity index (χ3v) is 8.46. The van der Waals surface area contributed by atoms with Gasteiger partial charge in [0.05, 0.1) is 23.1 Å². The lowest BCUT2D eigenvalue weighted by Crippen LogP contribution is -2.62. The summed E-state index contributed by atoms with van der Waals surface area (Å²) < 4.78 is 28.2. The second-order valence-corrected chi connectivity index (χ2v) is 12.2. The molecule has 1 saturated heterocycles. The molecule has 3 amide bonds. The van der Waals surface area contributed by atoms with Crippen molar-refractivity contribution in [2.24, 2.45) is 0 Å². The van der Waals surface area contributed by atoms with E-state index in [4.69, 9.17) is 0 Å². The van der Waals surface area contributed by atoms with Gasteiger partial charge in [0.1, 0.15) is 11.6 Å². The number of hydrogen-bond donors (Lipinski definition) is 3. The first-order valence-electron chi connectivity index (χ1n) is 15.0. The maximum absolute atomic E-state index is 14.1. The number of halogens is 2. The van der Waals surface area contributed by atoms with Crippen molar-refractivity contribution in [3.63, 3.8) is 0 Å². The zero-order chi connectivity index (χ0) is 31.8. The van der Waals surface area contributed by atoms with Crippen LogP contribution in [0.5, 0.6) is 0 Å². The molecule has 3 atom stereocenters. The number of benzene rings is 2. The smallest absolute Gasteiger partial charge is 0.264 e. The average molecular weight is 627 g/mol. The van der Waals surface area contributed by atoms with Crippen molar-refractivity contribution in [1.82, 2.24) is 20.4 Å². The minimum absolute atomic E-state index is 0.0724. The Labute approximate surface area is 261 Å². The molecule has 1 unspecified atom stereocenters. The summed E-state index contributed by atoms with van der Waals surface area (Å²) in [6.07, 6.45) is 0.310. The van der Waals surface area contributed by atoms with Crippen LogP contribution in [0, 0.1) is 18.6 Å². The highest BCUT2D eigenvalue weighted by Gasteiger charge is 2.34. The van der Waals surface area contributed by atoms with Gasteiger partial charge in [-0.15, -0.1) is 11.3 Å². The van der Waals surface area contributed by atoms with Gasteiger partial charge in [0.15, 0.2) is 0 Å². The number of aliphatic hydroxyl groups is 1. The summed E-state index contributed by atoms with van der Waals surface area (Å²) in [5.74, 6) is -2.39. The zero-order valence-electron chi connectivity index (χ0n) is 25.3. The summed E-state index contributed by atoms with van der Waals surface area (Å²) in [7, 11) is 0. The minimum Gasteiger partial charge on any atom is -0.389 e. The Kier molecular flexibility index (Phi) is 11.6. The lowest BCUT2D eigenvalue weighted by molar-refractivity contribution is 0.0411. The van der Waals surface area contributed by atoms with Crippen molar-refractivity contribution in [3.8, 4) is 0 Å². The number of piperazine rings is 1. The van der Waals surface area contributed by atoms with Crippen molar-refractivity contribution >= 4 is 29.1 Å². The second-order valence-electron chi connectivity index (χ2n) is 11.2. The number of carbonyl (C=O) groups is 3. The molecular weight excluding hydrogens is 586 g/mol. The Morgan fingerprint density at radius 1 is 1.07 bits per heavy atom. The van der Waals surface area contributed by atoms with E-state index >= 15 is 0 Å². The lowest BCUT2D eigenvalue weighted by atomic mass is 9.94. The maximum Gasteiger partial charge on any atom is 0.264 e. The van der Waals surface area contributed by atoms with E-state index in [0.29, 0.717) is 36.6 Å². The van der Waals surface area contributed by atoms with Gasteiger partial charge in [0.25, 0.3) is 17.7 Å². The summed E-state index contributed by atoms with van der Waals surface area (Å²) >= 11 is 1.33. The highest BCUT2D eigenvalue weighted by atomic mass is 32.1. The van der Waals surface area contributed by atoms with E-state index in [1.165, 1.54) is 17.4 Å². The van der Waals surface area contributed by atoms with E-state index in [9.17, 15) is 28.3 Å². The van der Waals surface area contributed by atoms with Gasteiger partial charge in [-0.3, -0.25) is 14.4 Å². The Morgan fingerprint density at radius 2 is 1.75 bits per heavy atom. The summed E-state index contributed by atoms with van der Waals surface area (Å²) in [5, 5.41) is 19.5. The average Bonchev–Trinajstić information content (AvgIpc) is 3.54. The van der Waals surface area contributed by atoms with Crippen molar-refractivity contribution in [2.75, 3.05) is 32.7 Å². The van der Waals surface area contributed by atoms with Crippen molar-refractivity contribution in [2.45, 2.75) is 58.2 Å². The van der Waals surface area contributed by atoms with Crippen LogP contribution in [0.2, 0.25) is 0 Å². The van der Waals surface area contributed by atoms with Gasteiger partial charge in [-0.2, -0.15) is 0 Å². The third-order valence-electron chi connectivity index (χ3n) is 7.60. The normalized spacial score (nSPS) is 16.3. The molecule has 0 aliphatic carbocycles. The van der Waals surface area contributed by atoms with E-state index in [0.717, 1.165) is 36.6 Å². The van der Waals surface area contributed by atoms with Crippen LogP contribution in [0.1, 0.15) is 68.2 Å². The largest absolute Gasteiger partial charge is 0.389 e. The number of aryl methyl sites for hydroxylation is 1. The molecule has 2 heterocycles. The Morgan fingerprint density at radius 3 is 2.39 bits per heavy atom. The number of hydrogen-bond acceptors (Lipinski definition) is 6. The van der Waals surface area contributed by atoms with Crippen LogP contribution in [0.15, 0.2) is 53.9 Å². The Hall–Kier alpha value is -3.67. The summed E-state index contributed by atoms with van der Waals surface area (Å²) in [6.45, 7) is 8.03. The van der Waals surface area contributed by atoms with Gasteiger partial charge in [-0.05, 0) is 79.1 Å². The standard InChI is InChI=1S/C33H40F2N4O4S/c1-4-9-38(10-5-2)32(42)24-14-21(3)13-23(18-24)31(41)37-27(17-22-15-25(34)19-26(35)16-22)30(40)28-20-39(11-8-36-28)33(43)29-7-6-12-44-29/h6-7,12-16,18-19,27-28,30,36,40H,4-5,8-11,17,20H2,1-3H3,(H,37,41)/t27?,28-,30+/m1/s1. The summed E-state index contributed by atoms with van der Waals surface area (Å²) in [6, 6.07) is 9.95. The van der Waals surface area contributed by atoms with Gasteiger partial charge in [-0.1, -0.05) is 19.9 Å². The van der Waals surface area contributed by atoms with Gasteiger partial charge < -0.3 is 25.5 Å². The molecule has 0 spiro atoms. The van der Waals surface area contributed by atoms with Gasteiger partial charge in [0.2, 0.25) is 0 Å². The lowest BCUT2D eigenvalue weighted by Gasteiger charge is -2.38. The van der Waals surface area contributed by atoms with Crippen LogP contribution in [0.3, 0.4) is 0 Å². The highest BCUT2D eigenvalue weighted by molar-refractivity contribution is 7.12. The van der Waals surface area contributed by atoms with Crippen LogP contribution in [-0.4, -0.2) is 83.5 Å². The molecule has 0 saturated carbocycles. The Balaban J connectivity index is 1.59. The second kappa shape index (κ2) is 15.4. The highest BCUT2D eigenvalue weighted by Crippen LogP contribution is 2.19. The van der Waals surface area contributed by atoms with Crippen molar-refractivity contribution < 1.29 is 28.3 Å². The summed E-state index contributed by atoms with van der Waals surface area (Å²) in [5.41, 5.74) is 1.59. The molecule has 0 bridgehead atoms. The minimum atomic E-state index is -1.22. The Bertz CT molecular complexity index is 1430. The number of carbonyl (C=O) groups excluding carboxylic acids is 3. The van der Waals surface area contributed by atoms with E-state index in [1.807, 2.05) is 19.2 Å². The molecule has 4 rings (SSSR count). The first-order chi connectivity index (χ1) is 21.1. The fourth-order valence-electron chi connectivity index (χ4n) is 5.59. The molecule has 236 valence electrons. The molecule has 2 aromatic carbocycles. The molecule has 11 heteroatoms. The SMILES string of the molecule is CCCN(CCC)C(=O)c1cc(C)cc(C(=O)NC(Cc2cc(F)cc(F)c2)[C@H](O)[C@H]2CN(C(=O)c3cccs3)CCN2)c1. The van der Waals surface area contributed by atoms with Gasteiger partial charge in [-0.25, -0.2) is 8.78 Å². The number of nitrogens with one attached hydrogen (secondary N) is 2.